The number of fused-ring (bicyclic) bond motifs is 1. The molecular weight excluding hydrogens is 458 g/mol. The zero-order valence-corrected chi connectivity index (χ0v) is 19.0. The Kier molecular flexibility index (Phi) is 7.92. The zero-order valence-electron chi connectivity index (χ0n) is 19.0. The molecule has 0 aliphatic rings. The molecule has 6 N–H and O–H groups in total. The van der Waals surface area contributed by atoms with Crippen molar-refractivity contribution < 1.29 is 24.6 Å². The number of nitrogens with zero attached hydrogens (tertiary/aromatic N) is 3. The molecule has 0 radical (unpaired) electrons. The molecule has 0 spiro atoms. The molecule has 1 aromatic carbocycles. The highest BCUT2D eigenvalue weighted by Gasteiger charge is 2.21. The second-order valence-corrected chi connectivity index (χ2v) is 7.97. The fourth-order valence-electron chi connectivity index (χ4n) is 3.08. The summed E-state index contributed by atoms with van der Waals surface area (Å²) in [5, 5.41) is 26.3. The summed E-state index contributed by atoms with van der Waals surface area (Å²) < 4.78 is 0. The van der Waals surface area contributed by atoms with Crippen LogP contribution in [0.25, 0.3) is 11.2 Å². The predicted molar refractivity (Wildman–Crippen MR) is 126 cm³/mol. The summed E-state index contributed by atoms with van der Waals surface area (Å²) in [6, 6.07) is 5.01. The Hall–Kier alpha value is -4.55. The molecule has 0 unspecified atom stereocenters. The van der Waals surface area contributed by atoms with Gasteiger partial charge in [-0.05, 0) is 44.5 Å². The highest BCUT2D eigenvalue weighted by molar-refractivity contribution is 5.96. The maximum atomic E-state index is 12.3. The van der Waals surface area contributed by atoms with Gasteiger partial charge in [-0.3, -0.25) is 19.4 Å². The number of aliphatic carboxylic acids is 2. The highest BCUT2D eigenvalue weighted by Crippen LogP contribution is 2.12. The molecule has 0 fully saturated rings. The van der Waals surface area contributed by atoms with E-state index in [0.29, 0.717) is 17.3 Å². The fourth-order valence-corrected chi connectivity index (χ4v) is 3.08. The Morgan fingerprint density at radius 1 is 1.09 bits per heavy atom. The molecule has 0 aliphatic carbocycles. The highest BCUT2D eigenvalue weighted by atomic mass is 16.4. The third-order valence-electron chi connectivity index (χ3n) is 4.76. The molecule has 2 aromatic heterocycles. The van der Waals surface area contributed by atoms with Gasteiger partial charge in [-0.25, -0.2) is 14.8 Å². The van der Waals surface area contributed by atoms with Crippen LogP contribution in [0.5, 0.6) is 0 Å². The van der Waals surface area contributed by atoms with Gasteiger partial charge in [0.2, 0.25) is 5.95 Å². The molecule has 0 bridgehead atoms. The summed E-state index contributed by atoms with van der Waals surface area (Å²) in [6.45, 7) is 4.08. The molecule has 0 aliphatic heterocycles. The number of carboxylic acids is 2. The average molecular weight is 483 g/mol. The van der Waals surface area contributed by atoms with Crippen LogP contribution >= 0.6 is 0 Å². The van der Waals surface area contributed by atoms with Gasteiger partial charge in [-0.1, -0.05) is 0 Å². The number of H-pyrrole nitrogens is 1. The van der Waals surface area contributed by atoms with E-state index in [2.05, 4.69) is 35.9 Å². The standard InChI is InChI=1S/C22H25N7O6/c1-11(2)25-22-28-18-17(20(33)29-22)26-14(10-24-18)9-23-13-5-3-12(4-6-13)19(32)27-15(21(34)35)7-8-16(30)31/h3-6,10-11,15,23H,7-9H2,1-2H3,(H,27,32)(H,30,31)(H,34,35)(H2,24,25,28,29,33)/t15-/m1/s1. The Morgan fingerprint density at radius 2 is 1.80 bits per heavy atom. The Bertz CT molecular complexity index is 1290. The van der Waals surface area contributed by atoms with Crippen LogP contribution in [0.15, 0.2) is 35.3 Å². The van der Waals surface area contributed by atoms with Crippen molar-refractivity contribution in [3.63, 3.8) is 0 Å². The number of aromatic nitrogens is 4. The molecule has 3 aromatic rings. The summed E-state index contributed by atoms with van der Waals surface area (Å²) in [5.74, 6) is -2.77. The first-order valence-corrected chi connectivity index (χ1v) is 10.7. The van der Waals surface area contributed by atoms with E-state index in [0.717, 1.165) is 0 Å². The fraction of sp³-hybridized carbons (Fsp3) is 0.318. The quantitative estimate of drug-likeness (QED) is 0.229. The Morgan fingerprint density at radius 3 is 2.43 bits per heavy atom. The molecule has 184 valence electrons. The lowest BCUT2D eigenvalue weighted by molar-refractivity contribution is -0.140. The van der Waals surface area contributed by atoms with Crippen molar-refractivity contribution in [2.75, 3.05) is 10.6 Å². The monoisotopic (exact) mass is 483 g/mol. The molecule has 1 atom stereocenters. The lowest BCUT2D eigenvalue weighted by atomic mass is 10.1. The van der Waals surface area contributed by atoms with Gasteiger partial charge in [0, 0.05) is 23.7 Å². The lowest BCUT2D eigenvalue weighted by Crippen LogP contribution is -2.41. The number of benzene rings is 1. The van der Waals surface area contributed by atoms with E-state index in [-0.39, 0.29) is 42.2 Å². The minimum atomic E-state index is -1.31. The largest absolute Gasteiger partial charge is 0.481 e. The predicted octanol–water partition coefficient (Wildman–Crippen LogP) is 1.19. The van der Waals surface area contributed by atoms with Crippen molar-refractivity contribution in [3.8, 4) is 0 Å². The maximum absolute atomic E-state index is 12.3. The van der Waals surface area contributed by atoms with E-state index >= 15 is 0 Å². The molecule has 35 heavy (non-hydrogen) atoms. The minimum absolute atomic E-state index is 0.0834. The molecule has 0 saturated heterocycles. The topological polar surface area (TPSA) is 199 Å². The third kappa shape index (κ3) is 6.96. The van der Waals surface area contributed by atoms with Crippen LogP contribution in [0.2, 0.25) is 0 Å². The molecule has 13 nitrogen and oxygen atoms in total. The van der Waals surface area contributed by atoms with Crippen molar-refractivity contribution in [2.24, 2.45) is 0 Å². The van der Waals surface area contributed by atoms with Crippen LogP contribution in [0.1, 0.15) is 42.7 Å². The Balaban J connectivity index is 1.63. The number of nitrogens with one attached hydrogen (secondary N) is 4. The summed E-state index contributed by atoms with van der Waals surface area (Å²) in [7, 11) is 0. The summed E-state index contributed by atoms with van der Waals surface area (Å²) >= 11 is 0. The van der Waals surface area contributed by atoms with Crippen molar-refractivity contribution in [2.45, 2.75) is 45.3 Å². The van der Waals surface area contributed by atoms with Crippen LogP contribution in [0.4, 0.5) is 11.6 Å². The van der Waals surface area contributed by atoms with Crippen LogP contribution in [0.3, 0.4) is 0 Å². The average Bonchev–Trinajstić information content (AvgIpc) is 2.80. The first-order valence-electron chi connectivity index (χ1n) is 10.7. The second kappa shape index (κ2) is 11.0. The number of aromatic amines is 1. The van der Waals surface area contributed by atoms with Crippen molar-refractivity contribution in [1.82, 2.24) is 25.3 Å². The van der Waals surface area contributed by atoms with Crippen LogP contribution < -0.4 is 21.5 Å². The molecule has 2 heterocycles. The number of carboxylic acid groups (broad SMARTS) is 2. The van der Waals surface area contributed by atoms with Gasteiger partial charge in [-0.2, -0.15) is 4.98 Å². The lowest BCUT2D eigenvalue weighted by Gasteiger charge is -2.14. The van der Waals surface area contributed by atoms with Gasteiger partial charge < -0.3 is 26.2 Å². The smallest absolute Gasteiger partial charge is 0.326 e. The first kappa shape index (κ1) is 25.1. The second-order valence-electron chi connectivity index (χ2n) is 7.97. The number of carbonyl (C=O) groups excluding carboxylic acids is 1. The molecule has 3 rings (SSSR count). The summed E-state index contributed by atoms with van der Waals surface area (Å²) in [4.78, 5) is 62.0. The molecule has 0 saturated carbocycles. The van der Waals surface area contributed by atoms with Gasteiger partial charge in [-0.15, -0.1) is 0 Å². The maximum Gasteiger partial charge on any atom is 0.326 e. The minimum Gasteiger partial charge on any atom is -0.481 e. The number of hydrogen-bond donors (Lipinski definition) is 6. The van der Waals surface area contributed by atoms with Gasteiger partial charge in [0.25, 0.3) is 11.5 Å². The van der Waals surface area contributed by atoms with Crippen LogP contribution in [0, 0.1) is 0 Å². The summed E-state index contributed by atoms with van der Waals surface area (Å²) in [5.41, 5.74) is 1.28. The number of amides is 1. The van der Waals surface area contributed by atoms with E-state index in [1.165, 1.54) is 18.3 Å². The van der Waals surface area contributed by atoms with E-state index in [1.807, 2.05) is 13.8 Å². The molecule has 1 amide bonds. The number of anilines is 2. The van der Waals surface area contributed by atoms with Crippen LogP contribution in [-0.4, -0.2) is 60.1 Å². The third-order valence-corrected chi connectivity index (χ3v) is 4.76. The molecule has 13 heteroatoms. The van der Waals surface area contributed by atoms with Crippen molar-refractivity contribution in [1.29, 1.82) is 0 Å². The zero-order chi connectivity index (χ0) is 25.5. The summed E-state index contributed by atoms with van der Waals surface area (Å²) in [6.07, 6.45) is 0.901. The number of hydrogen-bond acceptors (Lipinski definition) is 9. The normalized spacial score (nSPS) is 11.7. The van der Waals surface area contributed by atoms with Gasteiger partial charge in [0.05, 0.1) is 18.4 Å². The van der Waals surface area contributed by atoms with E-state index in [4.69, 9.17) is 5.11 Å². The van der Waals surface area contributed by atoms with E-state index in [9.17, 15) is 24.3 Å². The van der Waals surface area contributed by atoms with Crippen LogP contribution in [-0.2, 0) is 16.1 Å². The first-order chi connectivity index (χ1) is 16.6. The van der Waals surface area contributed by atoms with E-state index in [1.54, 1.807) is 12.1 Å². The van der Waals surface area contributed by atoms with E-state index < -0.39 is 29.4 Å². The van der Waals surface area contributed by atoms with Gasteiger partial charge in [0.1, 0.15) is 6.04 Å². The van der Waals surface area contributed by atoms with Crippen molar-refractivity contribution in [3.05, 3.63) is 52.1 Å². The Labute approximate surface area is 199 Å². The SMILES string of the molecule is CC(C)Nc1nc2ncc(CNc3ccc(C(=O)N[C@H](CCC(=O)O)C(=O)O)cc3)nc2c(=O)[nH]1. The molecular formula is C22H25N7O6. The van der Waals surface area contributed by atoms with Gasteiger partial charge in [0.15, 0.2) is 11.2 Å². The van der Waals surface area contributed by atoms with Crippen molar-refractivity contribution >= 4 is 40.6 Å². The number of rotatable bonds is 11. The van der Waals surface area contributed by atoms with Gasteiger partial charge >= 0.3 is 11.9 Å². The number of carbonyl (C=O) groups is 3.